The highest BCUT2D eigenvalue weighted by Gasteiger charge is 2.23. The third-order valence-corrected chi connectivity index (χ3v) is 4.26. The summed E-state index contributed by atoms with van der Waals surface area (Å²) < 4.78 is 0. The molecular formula is C12H21N3S. The summed E-state index contributed by atoms with van der Waals surface area (Å²) in [6.45, 7) is 7.73. The third kappa shape index (κ3) is 3.03. The lowest BCUT2D eigenvalue weighted by Gasteiger charge is -2.35. The molecule has 1 aliphatic heterocycles. The maximum atomic E-state index is 4.48. The van der Waals surface area contributed by atoms with Crippen molar-refractivity contribution in [1.82, 2.24) is 15.2 Å². The molecule has 0 amide bonds. The normalized spacial score (nSPS) is 27.2. The van der Waals surface area contributed by atoms with Gasteiger partial charge in [-0.1, -0.05) is 6.92 Å². The number of hydrogen-bond donors (Lipinski definition) is 1. The van der Waals surface area contributed by atoms with Gasteiger partial charge < -0.3 is 10.2 Å². The van der Waals surface area contributed by atoms with Crippen LogP contribution in [0.2, 0.25) is 0 Å². The predicted molar refractivity (Wildman–Crippen MR) is 68.8 cm³/mol. The maximum absolute atomic E-state index is 4.48. The molecular weight excluding hydrogens is 218 g/mol. The van der Waals surface area contributed by atoms with E-state index in [9.17, 15) is 0 Å². The summed E-state index contributed by atoms with van der Waals surface area (Å²) in [4.78, 5) is 6.89. The van der Waals surface area contributed by atoms with Crippen LogP contribution in [0.4, 0.5) is 0 Å². The van der Waals surface area contributed by atoms with E-state index < -0.39 is 0 Å². The molecule has 2 unspecified atom stereocenters. The van der Waals surface area contributed by atoms with Crippen molar-refractivity contribution in [3.05, 3.63) is 16.1 Å². The van der Waals surface area contributed by atoms with Gasteiger partial charge in [-0.25, -0.2) is 4.98 Å². The summed E-state index contributed by atoms with van der Waals surface area (Å²) in [7, 11) is 2.21. The Balaban J connectivity index is 1.81. The van der Waals surface area contributed by atoms with Crippen molar-refractivity contribution in [3.63, 3.8) is 0 Å². The number of likely N-dealkylation sites (tertiary alicyclic amines) is 1. The molecule has 2 atom stereocenters. The topological polar surface area (TPSA) is 28.2 Å². The number of thiazole rings is 1. The summed E-state index contributed by atoms with van der Waals surface area (Å²) in [5, 5.41) is 6.97. The minimum Gasteiger partial charge on any atom is -0.307 e. The van der Waals surface area contributed by atoms with E-state index in [1.165, 1.54) is 24.5 Å². The second kappa shape index (κ2) is 5.25. The van der Waals surface area contributed by atoms with Crippen molar-refractivity contribution >= 4 is 11.3 Å². The molecule has 0 bridgehead atoms. The maximum Gasteiger partial charge on any atom is 0.107 e. The van der Waals surface area contributed by atoms with Gasteiger partial charge >= 0.3 is 0 Å². The number of nitrogens with zero attached hydrogens (tertiary/aromatic N) is 2. The minimum absolute atomic E-state index is 0.653. The fourth-order valence-electron chi connectivity index (χ4n) is 2.36. The number of aromatic nitrogens is 1. The Kier molecular flexibility index (Phi) is 3.95. The molecule has 1 N–H and O–H groups in total. The quantitative estimate of drug-likeness (QED) is 0.873. The number of piperidine rings is 1. The Morgan fingerprint density at radius 3 is 3.06 bits per heavy atom. The highest BCUT2D eigenvalue weighted by atomic mass is 32.1. The van der Waals surface area contributed by atoms with Crippen molar-refractivity contribution in [2.45, 2.75) is 32.9 Å². The second-order valence-corrected chi connectivity index (χ2v) is 5.84. The fraction of sp³-hybridized carbons (Fsp3) is 0.750. The summed E-state index contributed by atoms with van der Waals surface area (Å²) in [5.74, 6) is 0.736. The molecule has 1 aliphatic rings. The van der Waals surface area contributed by atoms with Gasteiger partial charge in [0.2, 0.25) is 0 Å². The monoisotopic (exact) mass is 239 g/mol. The molecule has 3 nitrogen and oxygen atoms in total. The van der Waals surface area contributed by atoms with Crippen LogP contribution in [0.1, 0.15) is 24.0 Å². The van der Waals surface area contributed by atoms with Crippen LogP contribution in [0, 0.1) is 12.8 Å². The molecule has 0 aromatic carbocycles. The van der Waals surface area contributed by atoms with Crippen molar-refractivity contribution in [2.75, 3.05) is 20.1 Å². The van der Waals surface area contributed by atoms with E-state index in [2.05, 4.69) is 41.5 Å². The van der Waals surface area contributed by atoms with Crippen molar-refractivity contribution in [3.8, 4) is 0 Å². The first-order valence-corrected chi connectivity index (χ1v) is 6.86. The van der Waals surface area contributed by atoms with Gasteiger partial charge in [0, 0.05) is 30.2 Å². The standard InChI is InChI=1S/C12H21N3S/c1-9-7-15(3)5-4-11(9)13-6-12-14-10(2)8-16-12/h8-9,11,13H,4-7H2,1-3H3. The summed E-state index contributed by atoms with van der Waals surface area (Å²) in [6.07, 6.45) is 1.25. The first-order valence-electron chi connectivity index (χ1n) is 5.98. The zero-order chi connectivity index (χ0) is 11.5. The van der Waals surface area contributed by atoms with E-state index in [4.69, 9.17) is 0 Å². The molecule has 0 radical (unpaired) electrons. The summed E-state index contributed by atoms with van der Waals surface area (Å²) in [5.41, 5.74) is 1.14. The van der Waals surface area contributed by atoms with Gasteiger partial charge in [-0.15, -0.1) is 11.3 Å². The fourth-order valence-corrected chi connectivity index (χ4v) is 3.08. The number of nitrogens with one attached hydrogen (secondary N) is 1. The first kappa shape index (κ1) is 12.0. The average Bonchev–Trinajstić information content (AvgIpc) is 2.63. The smallest absolute Gasteiger partial charge is 0.107 e. The van der Waals surface area contributed by atoms with E-state index in [1.807, 2.05) is 0 Å². The van der Waals surface area contributed by atoms with E-state index >= 15 is 0 Å². The van der Waals surface area contributed by atoms with E-state index in [-0.39, 0.29) is 0 Å². The Bertz CT molecular complexity index is 337. The SMILES string of the molecule is Cc1csc(CNC2CCN(C)CC2C)n1. The van der Waals surface area contributed by atoms with Gasteiger partial charge in [0.25, 0.3) is 0 Å². The first-order chi connectivity index (χ1) is 7.65. The summed E-state index contributed by atoms with van der Waals surface area (Å²) in [6, 6.07) is 0.653. The van der Waals surface area contributed by atoms with Crippen LogP contribution >= 0.6 is 11.3 Å². The molecule has 1 aromatic rings. The Morgan fingerprint density at radius 2 is 2.44 bits per heavy atom. The van der Waals surface area contributed by atoms with Gasteiger partial charge in [-0.05, 0) is 32.9 Å². The van der Waals surface area contributed by atoms with Gasteiger partial charge in [0.1, 0.15) is 5.01 Å². The van der Waals surface area contributed by atoms with Gasteiger partial charge in [0.05, 0.1) is 0 Å². The zero-order valence-electron chi connectivity index (χ0n) is 10.4. The Labute approximate surface area is 102 Å². The van der Waals surface area contributed by atoms with Crippen LogP contribution < -0.4 is 5.32 Å². The van der Waals surface area contributed by atoms with Crippen molar-refractivity contribution < 1.29 is 0 Å². The Morgan fingerprint density at radius 1 is 1.62 bits per heavy atom. The number of hydrogen-bond acceptors (Lipinski definition) is 4. The molecule has 1 aromatic heterocycles. The zero-order valence-corrected chi connectivity index (χ0v) is 11.2. The number of aryl methyl sites for hydroxylation is 1. The van der Waals surface area contributed by atoms with Crippen LogP contribution in [0.25, 0.3) is 0 Å². The van der Waals surface area contributed by atoms with E-state index in [0.717, 1.165) is 18.2 Å². The number of rotatable bonds is 3. The van der Waals surface area contributed by atoms with E-state index in [0.29, 0.717) is 6.04 Å². The minimum atomic E-state index is 0.653. The molecule has 2 heterocycles. The van der Waals surface area contributed by atoms with Gasteiger partial charge in [0.15, 0.2) is 0 Å². The van der Waals surface area contributed by atoms with Crippen molar-refractivity contribution in [1.29, 1.82) is 0 Å². The molecule has 90 valence electrons. The van der Waals surface area contributed by atoms with Gasteiger partial charge in [-0.2, -0.15) is 0 Å². The largest absolute Gasteiger partial charge is 0.307 e. The van der Waals surface area contributed by atoms with E-state index in [1.54, 1.807) is 11.3 Å². The van der Waals surface area contributed by atoms with Crippen LogP contribution in [-0.4, -0.2) is 36.1 Å². The van der Waals surface area contributed by atoms with Crippen molar-refractivity contribution in [2.24, 2.45) is 5.92 Å². The summed E-state index contributed by atoms with van der Waals surface area (Å²) >= 11 is 1.76. The molecule has 0 aliphatic carbocycles. The molecule has 16 heavy (non-hydrogen) atoms. The molecule has 0 saturated carbocycles. The van der Waals surface area contributed by atoms with Gasteiger partial charge in [-0.3, -0.25) is 0 Å². The third-order valence-electron chi connectivity index (χ3n) is 3.29. The molecule has 4 heteroatoms. The lowest BCUT2D eigenvalue weighted by atomic mass is 9.94. The second-order valence-electron chi connectivity index (χ2n) is 4.90. The highest BCUT2D eigenvalue weighted by molar-refractivity contribution is 7.09. The molecule has 2 rings (SSSR count). The lowest BCUT2D eigenvalue weighted by Crippen LogP contribution is -2.46. The van der Waals surface area contributed by atoms with Crippen LogP contribution in [0.3, 0.4) is 0 Å². The molecule has 1 fully saturated rings. The lowest BCUT2D eigenvalue weighted by molar-refractivity contribution is 0.174. The highest BCUT2D eigenvalue weighted by Crippen LogP contribution is 2.16. The molecule has 0 spiro atoms. The van der Waals surface area contributed by atoms with Crippen LogP contribution in [0.5, 0.6) is 0 Å². The Hall–Kier alpha value is -0.450. The molecule has 1 saturated heterocycles. The van der Waals surface area contributed by atoms with Crippen LogP contribution in [-0.2, 0) is 6.54 Å². The average molecular weight is 239 g/mol. The van der Waals surface area contributed by atoms with Crippen LogP contribution in [0.15, 0.2) is 5.38 Å². The predicted octanol–water partition coefficient (Wildman–Crippen LogP) is 1.88.